The van der Waals surface area contributed by atoms with Gasteiger partial charge in [0.15, 0.2) is 18.1 Å². The van der Waals surface area contributed by atoms with E-state index in [1.807, 2.05) is 24.3 Å². The summed E-state index contributed by atoms with van der Waals surface area (Å²) in [6.45, 7) is 4.10. The standard InChI is InChI=1S/C19H22N2O4/c1-13(2)15-5-7-16(8-6-15)25-12-19(23)21-20-11-14-4-9-18(24-3)17(22)10-14/h4-11,13,22H,12H2,1-3H3,(H,21,23)/b20-11+. The summed E-state index contributed by atoms with van der Waals surface area (Å²) in [5.74, 6) is 1.08. The second kappa shape index (κ2) is 8.73. The van der Waals surface area contributed by atoms with Crippen molar-refractivity contribution in [1.82, 2.24) is 5.43 Å². The summed E-state index contributed by atoms with van der Waals surface area (Å²) in [5.41, 5.74) is 4.21. The van der Waals surface area contributed by atoms with Crippen molar-refractivity contribution in [1.29, 1.82) is 0 Å². The van der Waals surface area contributed by atoms with E-state index in [9.17, 15) is 9.90 Å². The number of ether oxygens (including phenoxy) is 2. The van der Waals surface area contributed by atoms with Gasteiger partial charge in [0.1, 0.15) is 5.75 Å². The van der Waals surface area contributed by atoms with Gasteiger partial charge in [-0.05, 0) is 47.4 Å². The molecular weight excluding hydrogens is 320 g/mol. The Morgan fingerprint density at radius 2 is 1.96 bits per heavy atom. The summed E-state index contributed by atoms with van der Waals surface area (Å²) in [6.07, 6.45) is 1.43. The molecule has 0 fully saturated rings. The van der Waals surface area contributed by atoms with Crippen LogP contribution in [-0.2, 0) is 4.79 Å². The molecule has 6 heteroatoms. The van der Waals surface area contributed by atoms with Crippen LogP contribution in [0.2, 0.25) is 0 Å². The molecule has 2 aromatic carbocycles. The van der Waals surface area contributed by atoms with Gasteiger partial charge in [0.2, 0.25) is 0 Å². The van der Waals surface area contributed by atoms with Crippen LogP contribution in [0.1, 0.15) is 30.9 Å². The number of hydrogen-bond acceptors (Lipinski definition) is 5. The molecule has 0 saturated heterocycles. The zero-order chi connectivity index (χ0) is 18.2. The van der Waals surface area contributed by atoms with Gasteiger partial charge in [0.05, 0.1) is 13.3 Å². The van der Waals surface area contributed by atoms with Crippen molar-refractivity contribution in [2.45, 2.75) is 19.8 Å². The maximum atomic E-state index is 11.7. The van der Waals surface area contributed by atoms with E-state index < -0.39 is 0 Å². The highest BCUT2D eigenvalue weighted by Crippen LogP contribution is 2.25. The van der Waals surface area contributed by atoms with Crippen LogP contribution < -0.4 is 14.9 Å². The molecule has 2 rings (SSSR count). The van der Waals surface area contributed by atoms with E-state index in [2.05, 4.69) is 24.4 Å². The Bertz CT molecular complexity index is 740. The van der Waals surface area contributed by atoms with E-state index in [0.717, 1.165) is 0 Å². The van der Waals surface area contributed by atoms with Gasteiger partial charge in [0, 0.05) is 0 Å². The monoisotopic (exact) mass is 342 g/mol. The third-order valence-electron chi connectivity index (χ3n) is 3.52. The molecule has 2 aromatic rings. The van der Waals surface area contributed by atoms with E-state index in [1.54, 1.807) is 12.1 Å². The first-order valence-electron chi connectivity index (χ1n) is 7.91. The Morgan fingerprint density at radius 1 is 1.24 bits per heavy atom. The number of nitrogens with zero attached hydrogens (tertiary/aromatic N) is 1. The summed E-state index contributed by atoms with van der Waals surface area (Å²) < 4.78 is 10.4. The summed E-state index contributed by atoms with van der Waals surface area (Å²) in [4.78, 5) is 11.7. The number of phenols is 1. The van der Waals surface area contributed by atoms with Crippen molar-refractivity contribution in [3.8, 4) is 17.2 Å². The van der Waals surface area contributed by atoms with Crippen molar-refractivity contribution < 1.29 is 19.4 Å². The molecule has 6 nitrogen and oxygen atoms in total. The molecule has 0 aromatic heterocycles. The van der Waals surface area contributed by atoms with Crippen LogP contribution in [0.3, 0.4) is 0 Å². The number of aromatic hydroxyl groups is 1. The largest absolute Gasteiger partial charge is 0.504 e. The molecule has 0 aliphatic heterocycles. The molecule has 2 N–H and O–H groups in total. The average Bonchev–Trinajstić information content (AvgIpc) is 2.60. The van der Waals surface area contributed by atoms with Crippen LogP contribution >= 0.6 is 0 Å². The lowest BCUT2D eigenvalue weighted by molar-refractivity contribution is -0.123. The van der Waals surface area contributed by atoms with Gasteiger partial charge in [-0.1, -0.05) is 26.0 Å². The Balaban J connectivity index is 1.81. The van der Waals surface area contributed by atoms with Crippen LogP contribution in [0.5, 0.6) is 17.2 Å². The number of benzene rings is 2. The van der Waals surface area contributed by atoms with Crippen molar-refractivity contribution >= 4 is 12.1 Å². The minimum absolute atomic E-state index is 0.00551. The Labute approximate surface area is 147 Å². The average molecular weight is 342 g/mol. The number of carbonyl (C=O) groups is 1. The second-order valence-corrected chi connectivity index (χ2v) is 5.74. The molecule has 0 atom stereocenters. The van der Waals surface area contributed by atoms with Gasteiger partial charge in [-0.15, -0.1) is 0 Å². The first kappa shape index (κ1) is 18.3. The summed E-state index contributed by atoms with van der Waals surface area (Å²) in [6, 6.07) is 12.4. The number of amides is 1. The molecule has 0 radical (unpaired) electrons. The molecule has 0 aliphatic carbocycles. The zero-order valence-corrected chi connectivity index (χ0v) is 14.5. The van der Waals surface area contributed by atoms with Crippen molar-refractivity contribution in [3.05, 3.63) is 53.6 Å². The summed E-state index contributed by atoms with van der Waals surface area (Å²) in [5, 5.41) is 13.5. The summed E-state index contributed by atoms with van der Waals surface area (Å²) >= 11 is 0. The summed E-state index contributed by atoms with van der Waals surface area (Å²) in [7, 11) is 1.47. The van der Waals surface area contributed by atoms with Gasteiger partial charge in [-0.25, -0.2) is 5.43 Å². The van der Waals surface area contributed by atoms with Gasteiger partial charge >= 0.3 is 0 Å². The van der Waals surface area contributed by atoms with Crippen molar-refractivity contribution in [2.75, 3.05) is 13.7 Å². The quantitative estimate of drug-likeness (QED) is 0.599. The molecule has 0 bridgehead atoms. The van der Waals surface area contributed by atoms with Gasteiger partial charge < -0.3 is 14.6 Å². The molecule has 0 saturated carbocycles. The first-order chi connectivity index (χ1) is 12.0. The lowest BCUT2D eigenvalue weighted by atomic mass is 10.0. The van der Waals surface area contributed by atoms with E-state index in [-0.39, 0.29) is 18.3 Å². The zero-order valence-electron chi connectivity index (χ0n) is 14.5. The molecular formula is C19H22N2O4. The number of hydrogen-bond donors (Lipinski definition) is 2. The van der Waals surface area contributed by atoms with Gasteiger partial charge in [-0.2, -0.15) is 5.10 Å². The Kier molecular flexibility index (Phi) is 6.39. The predicted octanol–water partition coefficient (Wildman–Crippen LogP) is 3.05. The Hall–Kier alpha value is -3.02. The first-order valence-corrected chi connectivity index (χ1v) is 7.91. The number of nitrogens with one attached hydrogen (secondary N) is 1. The van der Waals surface area contributed by atoms with Crippen molar-refractivity contribution in [3.63, 3.8) is 0 Å². The fourth-order valence-electron chi connectivity index (χ4n) is 2.10. The van der Waals surface area contributed by atoms with E-state index in [0.29, 0.717) is 23.0 Å². The number of methoxy groups -OCH3 is 1. The second-order valence-electron chi connectivity index (χ2n) is 5.74. The van der Waals surface area contributed by atoms with Gasteiger partial charge in [-0.3, -0.25) is 4.79 Å². The smallest absolute Gasteiger partial charge is 0.277 e. The molecule has 132 valence electrons. The maximum absolute atomic E-state index is 11.7. The van der Waals surface area contributed by atoms with Crippen LogP contribution in [0, 0.1) is 0 Å². The van der Waals surface area contributed by atoms with Crippen LogP contribution in [0.4, 0.5) is 0 Å². The fourth-order valence-corrected chi connectivity index (χ4v) is 2.10. The molecule has 0 spiro atoms. The van der Waals surface area contributed by atoms with Crippen molar-refractivity contribution in [2.24, 2.45) is 5.10 Å². The molecule has 0 heterocycles. The normalized spacial score (nSPS) is 10.9. The van der Waals surface area contributed by atoms with E-state index in [4.69, 9.17) is 9.47 Å². The predicted molar refractivity (Wildman–Crippen MR) is 96.4 cm³/mol. The number of carbonyl (C=O) groups excluding carboxylic acids is 1. The lowest BCUT2D eigenvalue weighted by Crippen LogP contribution is -2.24. The highest BCUT2D eigenvalue weighted by Gasteiger charge is 2.04. The van der Waals surface area contributed by atoms with E-state index >= 15 is 0 Å². The topological polar surface area (TPSA) is 80.2 Å². The third-order valence-corrected chi connectivity index (χ3v) is 3.52. The maximum Gasteiger partial charge on any atom is 0.277 e. The van der Waals surface area contributed by atoms with Crippen LogP contribution in [-0.4, -0.2) is 30.9 Å². The molecule has 0 aliphatic rings. The lowest BCUT2D eigenvalue weighted by Gasteiger charge is -2.08. The molecule has 25 heavy (non-hydrogen) atoms. The fraction of sp³-hybridized carbons (Fsp3) is 0.263. The van der Waals surface area contributed by atoms with Crippen LogP contribution in [0.15, 0.2) is 47.6 Å². The van der Waals surface area contributed by atoms with Gasteiger partial charge in [0.25, 0.3) is 5.91 Å². The number of rotatable bonds is 7. The molecule has 0 unspecified atom stereocenters. The Morgan fingerprint density at radius 3 is 2.56 bits per heavy atom. The number of phenolic OH excluding ortho intramolecular Hbond substituents is 1. The highest BCUT2D eigenvalue weighted by atomic mass is 16.5. The molecule has 1 amide bonds. The highest BCUT2D eigenvalue weighted by molar-refractivity contribution is 5.83. The minimum Gasteiger partial charge on any atom is -0.504 e. The number of hydrazone groups is 1. The van der Waals surface area contributed by atoms with E-state index in [1.165, 1.54) is 25.0 Å². The third kappa shape index (κ3) is 5.53. The van der Waals surface area contributed by atoms with Crippen LogP contribution in [0.25, 0.3) is 0 Å². The SMILES string of the molecule is COc1ccc(/C=N/NC(=O)COc2ccc(C(C)C)cc2)cc1O. The minimum atomic E-state index is -0.373.